The van der Waals surface area contributed by atoms with Crippen LogP contribution in [0.2, 0.25) is 5.02 Å². The summed E-state index contributed by atoms with van der Waals surface area (Å²) in [6.45, 7) is 0.188. The Bertz CT molecular complexity index is 1700. The van der Waals surface area contributed by atoms with Crippen LogP contribution in [0.25, 0.3) is 0 Å². The van der Waals surface area contributed by atoms with Crippen LogP contribution < -0.4 is 21.7 Å². The molecule has 9 nitrogen and oxygen atoms in total. The summed E-state index contributed by atoms with van der Waals surface area (Å²) in [4.78, 5) is 38.2. The van der Waals surface area contributed by atoms with Gasteiger partial charge in [-0.25, -0.2) is 24.1 Å². The molecule has 1 aliphatic heterocycles. The Hall–Kier alpha value is -4.68. The van der Waals surface area contributed by atoms with Crippen LogP contribution in [0.4, 0.5) is 5.69 Å². The van der Waals surface area contributed by atoms with Gasteiger partial charge in [0.2, 0.25) is 5.62 Å². The summed E-state index contributed by atoms with van der Waals surface area (Å²) in [6.07, 6.45) is 11.0. The highest BCUT2D eigenvalue weighted by Gasteiger charge is 2.17. The van der Waals surface area contributed by atoms with Gasteiger partial charge in [0.25, 0.3) is 0 Å². The molecule has 2 heterocycles. The molecule has 3 aromatic rings. The Morgan fingerprint density at radius 2 is 1.92 bits per heavy atom. The van der Waals surface area contributed by atoms with E-state index in [0.29, 0.717) is 47.3 Å². The number of H-pyrrole nitrogens is 1. The van der Waals surface area contributed by atoms with Crippen molar-refractivity contribution in [2.75, 3.05) is 0 Å². The van der Waals surface area contributed by atoms with Crippen LogP contribution in [-0.2, 0) is 6.54 Å². The minimum absolute atomic E-state index is 0.121. The number of benzene rings is 2. The number of allylic oxidation sites excluding steroid dienone is 6. The number of aliphatic imine (C=N–C) groups is 1. The minimum atomic E-state index is -0.539. The van der Waals surface area contributed by atoms with Gasteiger partial charge in [-0.2, -0.15) is 5.26 Å². The summed E-state index contributed by atoms with van der Waals surface area (Å²) in [5.41, 5.74) is 0.788. The molecule has 0 saturated carbocycles. The summed E-state index contributed by atoms with van der Waals surface area (Å²) in [6, 6.07) is 15.6. The Kier molecular flexibility index (Phi) is 7.33. The third-order valence-electron chi connectivity index (χ3n) is 6.04. The van der Waals surface area contributed by atoms with Crippen molar-refractivity contribution >= 4 is 23.2 Å². The van der Waals surface area contributed by atoms with Crippen molar-refractivity contribution in [1.82, 2.24) is 14.1 Å². The van der Waals surface area contributed by atoms with Crippen molar-refractivity contribution in [1.29, 1.82) is 5.26 Å². The van der Waals surface area contributed by atoms with E-state index in [9.17, 15) is 9.59 Å². The maximum atomic E-state index is 13.6. The molecular formula is C28H23ClN6O3. The van der Waals surface area contributed by atoms with E-state index >= 15 is 0 Å². The van der Waals surface area contributed by atoms with Gasteiger partial charge in [-0.3, -0.25) is 9.55 Å². The number of nitriles is 1. The lowest BCUT2D eigenvalue weighted by Crippen LogP contribution is -2.51. The molecule has 2 aliphatic rings. The Morgan fingerprint density at radius 1 is 1.13 bits per heavy atom. The number of hydrogen-bond donors (Lipinski definition) is 1. The Labute approximate surface area is 222 Å². The number of hydrogen-bond acceptors (Lipinski definition) is 6. The highest BCUT2D eigenvalue weighted by atomic mass is 35.5. The second-order valence-corrected chi connectivity index (χ2v) is 9.12. The first-order chi connectivity index (χ1) is 18.5. The molecular weight excluding hydrogens is 504 g/mol. The van der Waals surface area contributed by atoms with Gasteiger partial charge < -0.3 is 4.74 Å². The molecule has 5 rings (SSSR count). The summed E-state index contributed by atoms with van der Waals surface area (Å²) in [5.74, 6) is 1.01. The van der Waals surface area contributed by atoms with Crippen molar-refractivity contribution in [3.8, 4) is 11.8 Å². The van der Waals surface area contributed by atoms with Gasteiger partial charge in [-0.05, 0) is 60.9 Å². The number of ether oxygens (including phenoxy) is 1. The number of aromatic amines is 1. The van der Waals surface area contributed by atoms with Crippen molar-refractivity contribution in [3.05, 3.63) is 122 Å². The monoisotopic (exact) mass is 526 g/mol. The molecule has 0 fully saturated rings. The topological polar surface area (TPSA) is 118 Å². The van der Waals surface area contributed by atoms with E-state index in [1.54, 1.807) is 42.5 Å². The lowest BCUT2D eigenvalue weighted by molar-refractivity contribution is 0.483. The van der Waals surface area contributed by atoms with E-state index in [1.807, 2.05) is 42.5 Å². The van der Waals surface area contributed by atoms with Crippen LogP contribution in [0, 0.1) is 11.3 Å². The standard InChI is InChI=1S/C28H23ClN6O3/c29-20-11-9-19(10-12-20)18-34-26(33-27(36)35(28(34)37)23-6-2-1-3-7-23)32-21-13-15-24(16-14-21)38-25-8-4-5-22(17-30)31-25/h1-3,5-6,9-16,23H,4,7-8,18H2,(H,32,33,36). The molecule has 1 aromatic heterocycles. The van der Waals surface area contributed by atoms with Gasteiger partial charge in [0, 0.05) is 11.4 Å². The molecule has 2 aromatic carbocycles. The lowest BCUT2D eigenvalue weighted by Gasteiger charge is -2.17. The molecule has 0 radical (unpaired) electrons. The van der Waals surface area contributed by atoms with E-state index in [0.717, 1.165) is 5.56 Å². The molecule has 1 N–H and O–H groups in total. The van der Waals surface area contributed by atoms with Gasteiger partial charge in [0.1, 0.15) is 17.5 Å². The zero-order valence-electron chi connectivity index (χ0n) is 20.3. The van der Waals surface area contributed by atoms with E-state index < -0.39 is 17.4 Å². The van der Waals surface area contributed by atoms with Gasteiger partial charge in [0.05, 0.1) is 18.3 Å². The van der Waals surface area contributed by atoms with Crippen molar-refractivity contribution in [3.63, 3.8) is 0 Å². The molecule has 38 heavy (non-hydrogen) atoms. The second-order valence-electron chi connectivity index (χ2n) is 8.69. The largest absolute Gasteiger partial charge is 0.443 e. The highest BCUT2D eigenvalue weighted by Crippen LogP contribution is 2.20. The molecule has 0 amide bonds. The maximum absolute atomic E-state index is 13.6. The molecule has 190 valence electrons. The van der Waals surface area contributed by atoms with E-state index in [-0.39, 0.29) is 12.2 Å². The maximum Gasteiger partial charge on any atom is 0.335 e. The third-order valence-corrected chi connectivity index (χ3v) is 6.29. The van der Waals surface area contributed by atoms with Crippen LogP contribution >= 0.6 is 11.6 Å². The highest BCUT2D eigenvalue weighted by molar-refractivity contribution is 6.30. The first-order valence-electron chi connectivity index (χ1n) is 12.0. The quantitative estimate of drug-likeness (QED) is 0.533. The van der Waals surface area contributed by atoms with Crippen LogP contribution in [-0.4, -0.2) is 20.0 Å². The molecule has 10 heteroatoms. The number of rotatable bonds is 5. The predicted octanol–water partition coefficient (Wildman–Crippen LogP) is 4.31. The number of aromatic nitrogens is 3. The summed E-state index contributed by atoms with van der Waals surface area (Å²) in [7, 11) is 0. The van der Waals surface area contributed by atoms with E-state index in [4.69, 9.17) is 21.6 Å². The molecule has 1 aliphatic carbocycles. The fraction of sp³-hybridized carbons (Fsp3) is 0.179. The van der Waals surface area contributed by atoms with Crippen molar-refractivity contribution in [2.24, 2.45) is 9.98 Å². The first-order valence-corrected chi connectivity index (χ1v) is 12.4. The molecule has 1 unspecified atom stereocenters. The summed E-state index contributed by atoms with van der Waals surface area (Å²) >= 11 is 6.03. The molecule has 0 saturated heterocycles. The first kappa shape index (κ1) is 25.0. The Morgan fingerprint density at radius 3 is 2.63 bits per heavy atom. The zero-order chi connectivity index (χ0) is 26.5. The van der Waals surface area contributed by atoms with Crippen molar-refractivity contribution < 1.29 is 4.74 Å². The lowest BCUT2D eigenvalue weighted by atomic mass is 10.1. The predicted molar refractivity (Wildman–Crippen MR) is 144 cm³/mol. The number of nitrogens with zero attached hydrogens (tertiary/aromatic N) is 5. The minimum Gasteiger partial charge on any atom is -0.443 e. The normalized spacial score (nSPS) is 17.1. The average Bonchev–Trinajstić information content (AvgIpc) is 2.93. The molecule has 0 bridgehead atoms. The van der Waals surface area contributed by atoms with Gasteiger partial charge in [-0.15, -0.1) is 0 Å². The smallest absolute Gasteiger partial charge is 0.335 e. The molecule has 0 spiro atoms. The summed E-state index contributed by atoms with van der Waals surface area (Å²) in [5, 5.41) is 9.64. The Balaban J connectivity index is 1.52. The fourth-order valence-corrected chi connectivity index (χ4v) is 4.27. The van der Waals surface area contributed by atoms with Crippen LogP contribution in [0.3, 0.4) is 0 Å². The number of nitrogens with one attached hydrogen (secondary N) is 1. The van der Waals surface area contributed by atoms with Gasteiger partial charge >= 0.3 is 11.4 Å². The average molecular weight is 527 g/mol. The van der Waals surface area contributed by atoms with E-state index in [2.05, 4.69) is 15.0 Å². The van der Waals surface area contributed by atoms with Crippen LogP contribution in [0.1, 0.15) is 30.9 Å². The molecule has 1 atom stereocenters. The SMILES string of the molecule is N#CC1=CCCC(Oc2ccc(/N=c3\[nH]c(=O)n(C4C=CC=CC4)c(=O)n3Cc3ccc(Cl)cc3)cc2)=N1. The fourth-order valence-electron chi connectivity index (χ4n) is 4.15. The summed E-state index contributed by atoms with van der Waals surface area (Å²) < 4.78 is 8.45. The van der Waals surface area contributed by atoms with Gasteiger partial charge in [-0.1, -0.05) is 48.0 Å². The number of halogens is 1. The third kappa shape index (κ3) is 5.66. The van der Waals surface area contributed by atoms with Crippen LogP contribution in [0.5, 0.6) is 5.75 Å². The second kappa shape index (κ2) is 11.2. The zero-order valence-corrected chi connectivity index (χ0v) is 21.0. The van der Waals surface area contributed by atoms with Crippen molar-refractivity contribution in [2.45, 2.75) is 31.8 Å². The van der Waals surface area contributed by atoms with Gasteiger partial charge in [0.15, 0.2) is 5.90 Å². The van der Waals surface area contributed by atoms with E-state index in [1.165, 1.54) is 9.13 Å². The van der Waals surface area contributed by atoms with Crippen LogP contribution in [0.15, 0.2) is 104 Å².